The molecule has 8 nitrogen and oxygen atoms in total. The summed E-state index contributed by atoms with van der Waals surface area (Å²) < 4.78 is 5.66. The Balaban J connectivity index is 1.72. The summed E-state index contributed by atoms with van der Waals surface area (Å²) in [6.07, 6.45) is 1.63. The Morgan fingerprint density at radius 2 is 1.89 bits per heavy atom. The van der Waals surface area contributed by atoms with Crippen LogP contribution >= 0.6 is 0 Å². The van der Waals surface area contributed by atoms with Gasteiger partial charge in [-0.05, 0) is 30.7 Å². The number of hydrogen-bond donors (Lipinski definition) is 0. The van der Waals surface area contributed by atoms with Gasteiger partial charge in [0.15, 0.2) is 5.58 Å². The third-order valence-electron chi connectivity index (χ3n) is 4.53. The van der Waals surface area contributed by atoms with Crippen LogP contribution in [0.3, 0.4) is 0 Å². The fourth-order valence-corrected chi connectivity index (χ4v) is 3.10. The third kappa shape index (κ3) is 2.75. The summed E-state index contributed by atoms with van der Waals surface area (Å²) in [5.74, 6) is -0.374. The highest BCUT2D eigenvalue weighted by Crippen LogP contribution is 2.31. The molecule has 1 aliphatic rings. The first-order valence-corrected chi connectivity index (χ1v) is 8.55. The van der Waals surface area contributed by atoms with Gasteiger partial charge in [-0.3, -0.25) is 24.6 Å². The lowest BCUT2D eigenvalue weighted by atomic mass is 10.1. The van der Waals surface area contributed by atoms with Crippen LogP contribution in [0.2, 0.25) is 0 Å². The first-order valence-electron chi connectivity index (χ1n) is 8.55. The molecule has 1 aromatic heterocycles. The number of carbonyl (C=O) groups is 2. The summed E-state index contributed by atoms with van der Waals surface area (Å²) in [5, 5.41) is 10.9. The molecule has 0 atom stereocenters. The monoisotopic (exact) mass is 365 g/mol. The van der Waals surface area contributed by atoms with Gasteiger partial charge < -0.3 is 4.42 Å². The number of nitro benzene ring substituents is 1. The molecule has 2 amide bonds. The van der Waals surface area contributed by atoms with Gasteiger partial charge in [0.25, 0.3) is 17.5 Å². The molecule has 0 N–H and O–H groups in total. The number of carbonyl (C=O) groups excluding carboxylic acids is 2. The molecule has 8 heteroatoms. The number of rotatable bonds is 5. The summed E-state index contributed by atoms with van der Waals surface area (Å²) in [7, 11) is 0. The van der Waals surface area contributed by atoms with E-state index in [0.29, 0.717) is 34.3 Å². The summed E-state index contributed by atoms with van der Waals surface area (Å²) in [4.78, 5) is 40.9. The van der Waals surface area contributed by atoms with Crippen molar-refractivity contribution in [1.29, 1.82) is 0 Å². The molecule has 2 aromatic carbocycles. The molecule has 0 saturated heterocycles. The summed E-state index contributed by atoms with van der Waals surface area (Å²) >= 11 is 0. The molecule has 0 unspecified atom stereocenters. The van der Waals surface area contributed by atoms with Crippen molar-refractivity contribution >= 4 is 28.6 Å². The summed E-state index contributed by atoms with van der Waals surface area (Å²) in [6, 6.07) is 8.99. The van der Waals surface area contributed by atoms with Gasteiger partial charge in [-0.2, -0.15) is 0 Å². The average molecular weight is 365 g/mol. The van der Waals surface area contributed by atoms with Gasteiger partial charge in [-0.25, -0.2) is 4.98 Å². The number of imide groups is 1. The Kier molecular flexibility index (Phi) is 3.95. The standard InChI is InChI=1S/C19H15N3O5/c1-2-3-8-21-18(23)13-6-4-11(9-14(13)19(21)24)17-20-15-10-12(22(25)26)5-7-16(15)27-17/h4-7,9-10H,2-3,8H2,1H3. The fourth-order valence-electron chi connectivity index (χ4n) is 3.10. The molecule has 2 heterocycles. The maximum absolute atomic E-state index is 12.6. The van der Waals surface area contributed by atoms with Crippen molar-refractivity contribution in [2.24, 2.45) is 0 Å². The predicted octanol–water partition coefficient (Wildman–Crippen LogP) is 3.80. The second-order valence-corrected chi connectivity index (χ2v) is 6.30. The van der Waals surface area contributed by atoms with Crippen molar-refractivity contribution in [1.82, 2.24) is 9.88 Å². The van der Waals surface area contributed by atoms with Crippen molar-refractivity contribution in [2.75, 3.05) is 6.54 Å². The summed E-state index contributed by atoms with van der Waals surface area (Å²) in [5.41, 5.74) is 1.90. The number of fused-ring (bicyclic) bond motifs is 2. The zero-order chi connectivity index (χ0) is 19.1. The number of unbranched alkanes of at least 4 members (excludes halogenated alkanes) is 1. The van der Waals surface area contributed by atoms with Gasteiger partial charge in [0.05, 0.1) is 16.1 Å². The minimum atomic E-state index is -0.502. The van der Waals surface area contributed by atoms with Crippen LogP contribution < -0.4 is 0 Å². The Bertz CT molecular complexity index is 1100. The van der Waals surface area contributed by atoms with Crippen molar-refractivity contribution in [3.05, 3.63) is 57.6 Å². The van der Waals surface area contributed by atoms with Gasteiger partial charge in [-0.1, -0.05) is 13.3 Å². The molecule has 1 aliphatic heterocycles. The first-order chi connectivity index (χ1) is 13.0. The number of hydrogen-bond acceptors (Lipinski definition) is 6. The number of non-ortho nitro benzene ring substituents is 1. The predicted molar refractivity (Wildman–Crippen MR) is 96.4 cm³/mol. The molecule has 27 heavy (non-hydrogen) atoms. The topological polar surface area (TPSA) is 107 Å². The lowest BCUT2D eigenvalue weighted by Gasteiger charge is -2.12. The fraction of sp³-hybridized carbons (Fsp3) is 0.211. The Morgan fingerprint density at radius 3 is 2.63 bits per heavy atom. The van der Waals surface area contributed by atoms with Crippen molar-refractivity contribution in [2.45, 2.75) is 19.8 Å². The van der Waals surface area contributed by atoms with Crippen LogP contribution in [0, 0.1) is 10.1 Å². The highest BCUT2D eigenvalue weighted by atomic mass is 16.6. The van der Waals surface area contributed by atoms with E-state index in [1.165, 1.54) is 23.1 Å². The number of oxazole rings is 1. The SMILES string of the molecule is CCCCN1C(=O)c2ccc(-c3nc4cc([N+](=O)[O-])ccc4o3)cc2C1=O. The van der Waals surface area contributed by atoms with E-state index in [-0.39, 0.29) is 23.4 Å². The van der Waals surface area contributed by atoms with Crippen molar-refractivity contribution in [3.63, 3.8) is 0 Å². The van der Waals surface area contributed by atoms with Crippen molar-refractivity contribution < 1.29 is 18.9 Å². The van der Waals surface area contributed by atoms with E-state index in [1.54, 1.807) is 18.2 Å². The molecule has 3 aromatic rings. The number of nitrogens with zero attached hydrogens (tertiary/aromatic N) is 3. The smallest absolute Gasteiger partial charge is 0.271 e. The first kappa shape index (κ1) is 16.9. The van der Waals surface area contributed by atoms with Gasteiger partial charge >= 0.3 is 0 Å². The molecule has 4 rings (SSSR count). The van der Waals surface area contributed by atoms with Gasteiger partial charge in [-0.15, -0.1) is 0 Å². The van der Waals surface area contributed by atoms with E-state index in [4.69, 9.17) is 4.42 Å². The van der Waals surface area contributed by atoms with Crippen molar-refractivity contribution in [3.8, 4) is 11.5 Å². The Morgan fingerprint density at radius 1 is 1.11 bits per heavy atom. The van der Waals surface area contributed by atoms with E-state index in [9.17, 15) is 19.7 Å². The quantitative estimate of drug-likeness (QED) is 0.387. The second kappa shape index (κ2) is 6.31. The van der Waals surface area contributed by atoms with E-state index in [0.717, 1.165) is 12.8 Å². The van der Waals surface area contributed by atoms with Crippen LogP contribution in [-0.4, -0.2) is 33.2 Å². The maximum Gasteiger partial charge on any atom is 0.271 e. The molecule has 0 saturated carbocycles. The second-order valence-electron chi connectivity index (χ2n) is 6.30. The minimum absolute atomic E-state index is 0.0800. The highest BCUT2D eigenvalue weighted by molar-refractivity contribution is 6.21. The molecule has 136 valence electrons. The minimum Gasteiger partial charge on any atom is -0.436 e. The van der Waals surface area contributed by atoms with Crippen LogP contribution in [0.15, 0.2) is 40.8 Å². The molecule has 0 bridgehead atoms. The number of nitro groups is 1. The van der Waals surface area contributed by atoms with E-state index >= 15 is 0 Å². The zero-order valence-corrected chi connectivity index (χ0v) is 14.5. The maximum atomic E-state index is 12.6. The largest absolute Gasteiger partial charge is 0.436 e. The zero-order valence-electron chi connectivity index (χ0n) is 14.5. The number of amides is 2. The molecule has 0 aliphatic carbocycles. The van der Waals surface area contributed by atoms with Crippen LogP contribution in [-0.2, 0) is 0 Å². The van der Waals surface area contributed by atoms with E-state index in [1.807, 2.05) is 6.92 Å². The molecule has 0 spiro atoms. The number of aromatic nitrogens is 1. The van der Waals surface area contributed by atoms with Gasteiger partial charge in [0, 0.05) is 24.2 Å². The van der Waals surface area contributed by atoms with Crippen LogP contribution in [0.25, 0.3) is 22.6 Å². The molecular formula is C19H15N3O5. The van der Waals surface area contributed by atoms with Gasteiger partial charge in [0.1, 0.15) is 5.52 Å². The van der Waals surface area contributed by atoms with E-state index < -0.39 is 4.92 Å². The lowest BCUT2D eigenvalue weighted by molar-refractivity contribution is -0.384. The normalized spacial score (nSPS) is 13.4. The Labute approximate surface area is 153 Å². The van der Waals surface area contributed by atoms with Crippen LogP contribution in [0.1, 0.15) is 40.5 Å². The van der Waals surface area contributed by atoms with Gasteiger partial charge in [0.2, 0.25) is 5.89 Å². The van der Waals surface area contributed by atoms with E-state index in [2.05, 4.69) is 4.98 Å². The number of benzene rings is 2. The van der Waals surface area contributed by atoms with Crippen LogP contribution in [0.5, 0.6) is 0 Å². The summed E-state index contributed by atoms with van der Waals surface area (Å²) in [6.45, 7) is 2.39. The lowest BCUT2D eigenvalue weighted by Crippen LogP contribution is -2.30. The third-order valence-corrected chi connectivity index (χ3v) is 4.53. The Hall–Kier alpha value is -3.55. The molecule has 0 radical (unpaired) electrons. The molecule has 0 fully saturated rings. The molecular weight excluding hydrogens is 350 g/mol. The van der Waals surface area contributed by atoms with Crippen LogP contribution in [0.4, 0.5) is 5.69 Å². The highest BCUT2D eigenvalue weighted by Gasteiger charge is 2.35. The average Bonchev–Trinajstić information content (AvgIpc) is 3.19.